The molecule has 1 atom stereocenters. The highest BCUT2D eigenvalue weighted by Gasteiger charge is 2.04. The highest BCUT2D eigenvalue weighted by atomic mass is 32.1. The van der Waals surface area contributed by atoms with Crippen LogP contribution in [-0.4, -0.2) is 25.8 Å². The van der Waals surface area contributed by atoms with Crippen LogP contribution in [0.2, 0.25) is 0 Å². The Morgan fingerprint density at radius 3 is 2.81 bits per heavy atom. The molecule has 0 radical (unpaired) electrons. The first-order chi connectivity index (χ1) is 7.61. The van der Waals surface area contributed by atoms with E-state index in [2.05, 4.69) is 17.6 Å². The van der Waals surface area contributed by atoms with E-state index in [9.17, 15) is 4.79 Å². The lowest BCUT2D eigenvalue weighted by Crippen LogP contribution is -2.39. The Kier molecular flexibility index (Phi) is 5.28. The highest BCUT2D eigenvalue weighted by Crippen LogP contribution is 2.14. The van der Waals surface area contributed by atoms with E-state index in [1.54, 1.807) is 18.4 Å². The summed E-state index contributed by atoms with van der Waals surface area (Å²) in [6, 6.07) is 3.92. The van der Waals surface area contributed by atoms with Crippen LogP contribution in [0.5, 0.6) is 0 Å². The van der Waals surface area contributed by atoms with Crippen molar-refractivity contribution in [1.29, 1.82) is 0 Å². The molecule has 2 N–H and O–H groups in total. The largest absolute Gasteiger partial charge is 0.380 e. The van der Waals surface area contributed by atoms with Gasteiger partial charge in [0.25, 0.3) is 0 Å². The van der Waals surface area contributed by atoms with E-state index < -0.39 is 0 Å². The zero-order valence-electron chi connectivity index (χ0n) is 9.87. The smallest absolute Gasteiger partial charge is 0.315 e. The van der Waals surface area contributed by atoms with Gasteiger partial charge in [-0.15, -0.1) is 11.3 Å². The molecule has 1 aromatic heterocycles. The lowest BCUT2D eigenvalue weighted by Gasteiger charge is -2.11. The van der Waals surface area contributed by atoms with E-state index in [-0.39, 0.29) is 12.1 Å². The van der Waals surface area contributed by atoms with E-state index in [1.807, 2.05) is 19.1 Å². The summed E-state index contributed by atoms with van der Waals surface area (Å²) >= 11 is 1.69. The summed E-state index contributed by atoms with van der Waals surface area (Å²) in [5.74, 6) is 0. The molecule has 0 saturated heterocycles. The van der Waals surface area contributed by atoms with Gasteiger partial charge in [-0.05, 0) is 26.0 Å². The molecule has 0 fully saturated rings. The predicted molar refractivity (Wildman–Crippen MR) is 65.8 cm³/mol. The van der Waals surface area contributed by atoms with Crippen molar-refractivity contribution < 1.29 is 9.53 Å². The third kappa shape index (κ3) is 4.63. The lowest BCUT2D eigenvalue weighted by molar-refractivity contribution is 0.118. The first-order valence-electron chi connectivity index (χ1n) is 5.21. The fourth-order valence-electron chi connectivity index (χ4n) is 1.13. The standard InChI is InChI=1S/C11H18N2O2S/c1-8(15-3)6-12-11(14)13-7-10-5-4-9(2)16-10/h4-5,8H,6-7H2,1-3H3,(H2,12,13,14)/t8-/m1/s1. The minimum absolute atomic E-state index is 0.0368. The molecule has 0 aliphatic carbocycles. The van der Waals surface area contributed by atoms with Gasteiger partial charge in [0, 0.05) is 23.4 Å². The van der Waals surface area contributed by atoms with Gasteiger partial charge in [-0.3, -0.25) is 0 Å². The summed E-state index contributed by atoms with van der Waals surface area (Å²) in [4.78, 5) is 13.8. The molecular formula is C11H18N2O2S. The van der Waals surface area contributed by atoms with Gasteiger partial charge >= 0.3 is 6.03 Å². The molecule has 0 aliphatic heterocycles. The van der Waals surface area contributed by atoms with Crippen molar-refractivity contribution in [2.75, 3.05) is 13.7 Å². The first-order valence-corrected chi connectivity index (χ1v) is 6.03. The third-order valence-corrected chi connectivity index (χ3v) is 3.17. The number of hydrogen-bond acceptors (Lipinski definition) is 3. The molecule has 0 saturated carbocycles. The molecular weight excluding hydrogens is 224 g/mol. The number of rotatable bonds is 5. The normalized spacial score (nSPS) is 12.2. The minimum atomic E-state index is -0.157. The van der Waals surface area contributed by atoms with Gasteiger partial charge in [0.15, 0.2) is 0 Å². The molecule has 1 rings (SSSR count). The van der Waals surface area contributed by atoms with Gasteiger partial charge < -0.3 is 15.4 Å². The molecule has 5 heteroatoms. The van der Waals surface area contributed by atoms with E-state index in [1.165, 1.54) is 4.88 Å². The quantitative estimate of drug-likeness (QED) is 0.828. The molecule has 0 aromatic carbocycles. The highest BCUT2D eigenvalue weighted by molar-refractivity contribution is 7.11. The summed E-state index contributed by atoms with van der Waals surface area (Å²) < 4.78 is 5.03. The van der Waals surface area contributed by atoms with Gasteiger partial charge in [-0.25, -0.2) is 4.79 Å². The van der Waals surface area contributed by atoms with Crippen LogP contribution in [0.3, 0.4) is 0 Å². The summed E-state index contributed by atoms with van der Waals surface area (Å²) in [5, 5.41) is 5.54. The van der Waals surface area contributed by atoms with Crippen molar-refractivity contribution in [3.8, 4) is 0 Å². The average Bonchev–Trinajstić information content (AvgIpc) is 2.69. The second-order valence-corrected chi connectivity index (χ2v) is 4.99. The lowest BCUT2D eigenvalue weighted by atomic mass is 10.4. The zero-order valence-corrected chi connectivity index (χ0v) is 10.7. The number of amides is 2. The summed E-state index contributed by atoms with van der Waals surface area (Å²) in [6.45, 7) is 5.05. The fourth-order valence-corrected chi connectivity index (χ4v) is 1.96. The first kappa shape index (κ1) is 13.0. The molecule has 1 aromatic rings. The van der Waals surface area contributed by atoms with Crippen LogP contribution in [0.15, 0.2) is 12.1 Å². The maximum Gasteiger partial charge on any atom is 0.315 e. The average molecular weight is 242 g/mol. The molecule has 1 heterocycles. The minimum Gasteiger partial charge on any atom is -0.380 e. The number of thiophene rings is 1. The SMILES string of the molecule is CO[C@H](C)CNC(=O)NCc1ccc(C)s1. The molecule has 16 heavy (non-hydrogen) atoms. The second-order valence-electron chi connectivity index (χ2n) is 3.62. The number of nitrogens with one attached hydrogen (secondary N) is 2. The van der Waals surface area contributed by atoms with Crippen molar-refractivity contribution >= 4 is 17.4 Å². The monoisotopic (exact) mass is 242 g/mol. The number of hydrogen-bond donors (Lipinski definition) is 2. The Hall–Kier alpha value is -1.07. The van der Waals surface area contributed by atoms with Crippen LogP contribution in [-0.2, 0) is 11.3 Å². The fraction of sp³-hybridized carbons (Fsp3) is 0.545. The predicted octanol–water partition coefficient (Wildman–Crippen LogP) is 1.89. The Morgan fingerprint density at radius 1 is 1.50 bits per heavy atom. The molecule has 90 valence electrons. The molecule has 0 bridgehead atoms. The molecule has 2 amide bonds. The number of aryl methyl sites for hydroxylation is 1. The van der Waals surface area contributed by atoms with Crippen LogP contribution < -0.4 is 10.6 Å². The second kappa shape index (κ2) is 6.50. The van der Waals surface area contributed by atoms with Crippen LogP contribution in [0.25, 0.3) is 0 Å². The van der Waals surface area contributed by atoms with E-state index in [0.717, 1.165) is 4.88 Å². The number of ether oxygens (including phenoxy) is 1. The number of carbonyl (C=O) groups is 1. The van der Waals surface area contributed by atoms with Crippen LogP contribution in [0, 0.1) is 6.92 Å². The number of methoxy groups -OCH3 is 1. The van der Waals surface area contributed by atoms with Crippen molar-refractivity contribution in [2.24, 2.45) is 0 Å². The van der Waals surface area contributed by atoms with Crippen molar-refractivity contribution in [1.82, 2.24) is 10.6 Å². The van der Waals surface area contributed by atoms with E-state index in [4.69, 9.17) is 4.74 Å². The van der Waals surface area contributed by atoms with Gasteiger partial charge in [0.2, 0.25) is 0 Å². The molecule has 0 spiro atoms. The molecule has 0 unspecified atom stereocenters. The van der Waals surface area contributed by atoms with Gasteiger partial charge in [-0.2, -0.15) is 0 Å². The van der Waals surface area contributed by atoms with Crippen molar-refractivity contribution in [2.45, 2.75) is 26.5 Å². The molecule has 4 nitrogen and oxygen atoms in total. The van der Waals surface area contributed by atoms with E-state index in [0.29, 0.717) is 13.1 Å². The van der Waals surface area contributed by atoms with Crippen molar-refractivity contribution in [3.05, 3.63) is 21.9 Å². The van der Waals surface area contributed by atoms with Crippen molar-refractivity contribution in [3.63, 3.8) is 0 Å². The summed E-state index contributed by atoms with van der Waals surface area (Å²) in [5.41, 5.74) is 0. The number of carbonyl (C=O) groups excluding carboxylic acids is 1. The zero-order chi connectivity index (χ0) is 12.0. The molecule has 0 aliphatic rings. The van der Waals surface area contributed by atoms with Gasteiger partial charge in [0.05, 0.1) is 12.6 Å². The van der Waals surface area contributed by atoms with Gasteiger partial charge in [0.1, 0.15) is 0 Å². The van der Waals surface area contributed by atoms with E-state index >= 15 is 0 Å². The summed E-state index contributed by atoms with van der Waals surface area (Å²) in [6.07, 6.45) is 0.0368. The van der Waals surface area contributed by atoms with Crippen LogP contribution in [0.4, 0.5) is 4.79 Å². The van der Waals surface area contributed by atoms with Crippen LogP contribution >= 0.6 is 11.3 Å². The maximum atomic E-state index is 11.4. The topological polar surface area (TPSA) is 50.4 Å². The maximum absolute atomic E-state index is 11.4. The Morgan fingerprint density at radius 2 is 2.25 bits per heavy atom. The number of urea groups is 1. The Balaban J connectivity index is 2.20. The third-order valence-electron chi connectivity index (χ3n) is 2.17. The Bertz CT molecular complexity index is 338. The van der Waals surface area contributed by atoms with Crippen LogP contribution in [0.1, 0.15) is 16.7 Å². The summed E-state index contributed by atoms with van der Waals surface area (Å²) in [7, 11) is 1.62. The van der Waals surface area contributed by atoms with Gasteiger partial charge in [-0.1, -0.05) is 0 Å². The Labute approximate surface area is 100 Å².